The normalized spacial score (nSPS) is 11.9. The topological polar surface area (TPSA) is 69.0 Å². The molecule has 1 atom stereocenters. The van der Waals surface area contributed by atoms with Gasteiger partial charge in [-0.1, -0.05) is 42.1 Å². The molecule has 0 fully saturated rings. The van der Waals surface area contributed by atoms with Gasteiger partial charge < -0.3 is 14.6 Å². The van der Waals surface area contributed by atoms with Crippen LogP contribution in [0.15, 0.2) is 53.7 Å². The zero-order chi connectivity index (χ0) is 20.8. The van der Waals surface area contributed by atoms with Crippen LogP contribution in [0.3, 0.4) is 0 Å². The smallest absolute Gasteiger partial charge is 0.234 e. The number of amides is 1. The first kappa shape index (κ1) is 20.9. The van der Waals surface area contributed by atoms with Crippen molar-refractivity contribution in [3.63, 3.8) is 0 Å². The van der Waals surface area contributed by atoms with Crippen molar-refractivity contribution in [3.05, 3.63) is 65.5 Å². The lowest BCUT2D eigenvalue weighted by atomic mass is 10.1. The molecular weight excluding hydrogens is 384 g/mol. The Morgan fingerprint density at radius 1 is 1.14 bits per heavy atom. The summed E-state index contributed by atoms with van der Waals surface area (Å²) >= 11 is 1.38. The number of ether oxygens (including phenoxy) is 1. The van der Waals surface area contributed by atoms with Gasteiger partial charge in [0, 0.05) is 12.2 Å². The molecule has 3 rings (SSSR count). The van der Waals surface area contributed by atoms with E-state index in [-0.39, 0.29) is 17.8 Å². The van der Waals surface area contributed by atoms with Gasteiger partial charge in [-0.2, -0.15) is 0 Å². The summed E-state index contributed by atoms with van der Waals surface area (Å²) in [5.74, 6) is 1.73. The van der Waals surface area contributed by atoms with Gasteiger partial charge in [-0.25, -0.2) is 0 Å². The molecule has 1 N–H and O–H groups in total. The molecule has 3 aromatic rings. The van der Waals surface area contributed by atoms with Crippen molar-refractivity contribution in [1.29, 1.82) is 0 Å². The van der Waals surface area contributed by atoms with E-state index < -0.39 is 0 Å². The van der Waals surface area contributed by atoms with Crippen molar-refractivity contribution < 1.29 is 9.53 Å². The van der Waals surface area contributed by atoms with E-state index >= 15 is 0 Å². The number of nitrogens with zero attached hydrogens (tertiary/aromatic N) is 3. The average molecular weight is 411 g/mol. The van der Waals surface area contributed by atoms with E-state index in [1.165, 1.54) is 11.8 Å². The fraction of sp³-hybridized carbons (Fsp3) is 0.318. The Labute approximate surface area is 175 Å². The molecule has 0 radical (unpaired) electrons. The molecule has 0 aliphatic heterocycles. The predicted molar refractivity (Wildman–Crippen MR) is 116 cm³/mol. The van der Waals surface area contributed by atoms with Crippen LogP contribution in [-0.2, 0) is 11.3 Å². The number of carbonyl (C=O) groups is 1. The second kappa shape index (κ2) is 9.60. The molecule has 0 spiro atoms. The van der Waals surface area contributed by atoms with Crippen molar-refractivity contribution in [2.24, 2.45) is 0 Å². The molecule has 0 bridgehead atoms. The van der Waals surface area contributed by atoms with E-state index in [1.54, 1.807) is 0 Å². The second-order valence-electron chi connectivity index (χ2n) is 6.74. The minimum Gasteiger partial charge on any atom is -0.483 e. The zero-order valence-electron chi connectivity index (χ0n) is 17.2. The summed E-state index contributed by atoms with van der Waals surface area (Å²) in [6.07, 6.45) is -0.247. The summed E-state index contributed by atoms with van der Waals surface area (Å²) in [6, 6.07) is 15.5. The number of rotatable bonds is 8. The van der Waals surface area contributed by atoms with Gasteiger partial charge in [0.1, 0.15) is 5.75 Å². The monoisotopic (exact) mass is 410 g/mol. The highest BCUT2D eigenvalue weighted by Crippen LogP contribution is 2.25. The van der Waals surface area contributed by atoms with Gasteiger partial charge in [0.25, 0.3) is 0 Å². The van der Waals surface area contributed by atoms with Gasteiger partial charge in [-0.3, -0.25) is 4.79 Å². The molecule has 0 aliphatic carbocycles. The molecule has 0 unspecified atom stereocenters. The Hall–Kier alpha value is -2.80. The number of carbonyl (C=O) groups excluding carboxylic acids is 1. The first-order chi connectivity index (χ1) is 14.0. The number of anilines is 1. The minimum atomic E-state index is -0.247. The zero-order valence-corrected chi connectivity index (χ0v) is 18.0. The van der Waals surface area contributed by atoms with Crippen molar-refractivity contribution >= 4 is 23.4 Å². The maximum Gasteiger partial charge on any atom is 0.234 e. The largest absolute Gasteiger partial charge is 0.483 e. The molecule has 0 saturated heterocycles. The number of hydrogen-bond donors (Lipinski definition) is 1. The van der Waals surface area contributed by atoms with Crippen LogP contribution in [0.1, 0.15) is 36.9 Å². The molecule has 7 heteroatoms. The molecule has 29 heavy (non-hydrogen) atoms. The Morgan fingerprint density at radius 2 is 1.90 bits per heavy atom. The highest BCUT2D eigenvalue weighted by molar-refractivity contribution is 7.99. The number of aromatic nitrogens is 3. The summed E-state index contributed by atoms with van der Waals surface area (Å²) in [5.41, 5.74) is 3.08. The van der Waals surface area contributed by atoms with Crippen LogP contribution in [0, 0.1) is 13.8 Å². The number of nitrogens with one attached hydrogen (secondary N) is 1. The third-order valence-electron chi connectivity index (χ3n) is 4.69. The Bertz CT molecular complexity index is 972. The molecule has 6 nitrogen and oxygen atoms in total. The van der Waals surface area contributed by atoms with Crippen molar-refractivity contribution in [2.45, 2.75) is 45.5 Å². The fourth-order valence-electron chi connectivity index (χ4n) is 2.96. The van der Waals surface area contributed by atoms with Gasteiger partial charge in [0.2, 0.25) is 5.91 Å². The predicted octanol–water partition coefficient (Wildman–Crippen LogP) is 4.79. The van der Waals surface area contributed by atoms with E-state index in [1.807, 2.05) is 80.8 Å². The van der Waals surface area contributed by atoms with Crippen molar-refractivity contribution in [1.82, 2.24) is 14.8 Å². The fourth-order valence-corrected chi connectivity index (χ4v) is 3.77. The number of thioether (sulfide) groups is 1. The Kier molecular flexibility index (Phi) is 6.93. The standard InChI is InChI=1S/C22H26N4O2S/c1-5-26-21(17(4)28-18-11-7-6-8-12-18)24-25-22(26)29-14-20(27)23-19-13-9-10-15(2)16(19)3/h6-13,17H,5,14H2,1-4H3,(H,23,27)/t17-/m0/s1. The molecule has 1 aromatic heterocycles. The van der Waals surface area contributed by atoms with Crippen LogP contribution in [0.5, 0.6) is 5.75 Å². The second-order valence-corrected chi connectivity index (χ2v) is 7.68. The van der Waals surface area contributed by atoms with E-state index in [2.05, 4.69) is 15.5 Å². The summed E-state index contributed by atoms with van der Waals surface area (Å²) in [5, 5.41) is 12.3. The summed E-state index contributed by atoms with van der Waals surface area (Å²) in [4.78, 5) is 12.4. The van der Waals surface area contributed by atoms with Crippen LogP contribution in [-0.4, -0.2) is 26.4 Å². The van der Waals surface area contributed by atoms with Crippen molar-refractivity contribution in [2.75, 3.05) is 11.1 Å². The number of hydrogen-bond acceptors (Lipinski definition) is 5. The molecule has 1 heterocycles. The summed E-state index contributed by atoms with van der Waals surface area (Å²) in [7, 11) is 0. The van der Waals surface area contributed by atoms with Crippen LogP contribution in [0.25, 0.3) is 0 Å². The van der Waals surface area contributed by atoms with E-state index in [9.17, 15) is 4.79 Å². The SMILES string of the molecule is CCn1c(SCC(=O)Nc2cccc(C)c2C)nnc1[C@H](C)Oc1ccccc1. The Morgan fingerprint density at radius 3 is 2.62 bits per heavy atom. The van der Waals surface area contributed by atoms with Crippen LogP contribution >= 0.6 is 11.8 Å². The van der Waals surface area contributed by atoms with E-state index in [0.717, 1.165) is 28.4 Å². The lowest BCUT2D eigenvalue weighted by Crippen LogP contribution is -2.16. The molecule has 0 aliphatic rings. The first-order valence-corrected chi connectivity index (χ1v) is 10.6. The van der Waals surface area contributed by atoms with Gasteiger partial charge >= 0.3 is 0 Å². The van der Waals surface area contributed by atoms with Crippen molar-refractivity contribution in [3.8, 4) is 5.75 Å². The maximum absolute atomic E-state index is 12.4. The van der Waals surface area contributed by atoms with Gasteiger partial charge in [-0.05, 0) is 57.0 Å². The lowest BCUT2D eigenvalue weighted by molar-refractivity contribution is -0.113. The first-order valence-electron chi connectivity index (χ1n) is 9.63. The average Bonchev–Trinajstić information content (AvgIpc) is 3.14. The summed E-state index contributed by atoms with van der Waals surface area (Å²) < 4.78 is 7.96. The van der Waals surface area contributed by atoms with E-state index in [0.29, 0.717) is 11.7 Å². The minimum absolute atomic E-state index is 0.0653. The molecule has 2 aromatic carbocycles. The molecular formula is C22H26N4O2S. The highest BCUT2D eigenvalue weighted by Gasteiger charge is 2.19. The maximum atomic E-state index is 12.4. The molecule has 1 amide bonds. The number of aryl methyl sites for hydroxylation is 1. The van der Waals surface area contributed by atoms with Crippen LogP contribution < -0.4 is 10.1 Å². The van der Waals surface area contributed by atoms with Crippen LogP contribution in [0.2, 0.25) is 0 Å². The molecule has 152 valence electrons. The van der Waals surface area contributed by atoms with E-state index in [4.69, 9.17) is 4.74 Å². The highest BCUT2D eigenvalue weighted by atomic mass is 32.2. The Balaban J connectivity index is 1.64. The van der Waals surface area contributed by atoms with Gasteiger partial charge in [-0.15, -0.1) is 10.2 Å². The lowest BCUT2D eigenvalue weighted by Gasteiger charge is -2.15. The quantitative estimate of drug-likeness (QED) is 0.541. The van der Waals surface area contributed by atoms with Gasteiger partial charge in [0.05, 0.1) is 5.75 Å². The molecule has 0 saturated carbocycles. The number of benzene rings is 2. The third-order valence-corrected chi connectivity index (χ3v) is 5.66. The van der Waals surface area contributed by atoms with Gasteiger partial charge in [0.15, 0.2) is 17.1 Å². The number of para-hydroxylation sites is 1. The van der Waals surface area contributed by atoms with Crippen LogP contribution in [0.4, 0.5) is 5.69 Å². The third kappa shape index (κ3) is 5.17. The summed E-state index contributed by atoms with van der Waals surface area (Å²) in [6.45, 7) is 8.72.